The number of aromatic nitrogens is 2. The Hall–Kier alpha value is -2.01. The molecule has 0 fully saturated rings. The molecule has 1 N–H and O–H groups in total. The Kier molecular flexibility index (Phi) is 2.90. The van der Waals surface area contributed by atoms with Crippen molar-refractivity contribution >= 4 is 0 Å². The monoisotopic (exact) mass is 245 g/mol. The van der Waals surface area contributed by atoms with Crippen molar-refractivity contribution in [2.75, 3.05) is 6.79 Å². The molecule has 0 unspecified atom stereocenters. The molecule has 0 atom stereocenters. The summed E-state index contributed by atoms with van der Waals surface area (Å²) >= 11 is 0. The maximum Gasteiger partial charge on any atom is 0.231 e. The number of nitrogens with one attached hydrogen (secondary N) is 1. The summed E-state index contributed by atoms with van der Waals surface area (Å²) in [4.78, 5) is 0. The first-order chi connectivity index (χ1) is 8.81. The Morgan fingerprint density at radius 3 is 2.89 bits per heavy atom. The van der Waals surface area contributed by atoms with Gasteiger partial charge >= 0.3 is 0 Å². The van der Waals surface area contributed by atoms with Gasteiger partial charge < -0.3 is 14.8 Å². The molecule has 0 aliphatic carbocycles. The van der Waals surface area contributed by atoms with E-state index in [4.69, 9.17) is 9.47 Å². The molecule has 1 aliphatic heterocycles. The maximum atomic E-state index is 5.34. The van der Waals surface area contributed by atoms with E-state index in [9.17, 15) is 0 Å². The summed E-state index contributed by atoms with van der Waals surface area (Å²) < 4.78 is 12.4. The van der Waals surface area contributed by atoms with Crippen LogP contribution in [0.4, 0.5) is 0 Å². The Balaban J connectivity index is 1.57. The van der Waals surface area contributed by atoms with Crippen molar-refractivity contribution in [1.82, 2.24) is 15.1 Å². The normalized spacial score (nSPS) is 12.9. The first-order valence-electron chi connectivity index (χ1n) is 5.88. The molecule has 1 aromatic heterocycles. The lowest BCUT2D eigenvalue weighted by molar-refractivity contribution is 0.174. The van der Waals surface area contributed by atoms with Gasteiger partial charge in [-0.3, -0.25) is 4.68 Å². The van der Waals surface area contributed by atoms with Gasteiger partial charge in [0.2, 0.25) is 6.79 Å². The third kappa shape index (κ3) is 2.31. The summed E-state index contributed by atoms with van der Waals surface area (Å²) in [5, 5.41) is 7.50. The Bertz CT molecular complexity index is 551. The van der Waals surface area contributed by atoms with E-state index in [1.54, 1.807) is 4.68 Å². The predicted molar refractivity (Wildman–Crippen MR) is 66.3 cm³/mol. The van der Waals surface area contributed by atoms with Gasteiger partial charge in [0.15, 0.2) is 11.5 Å². The van der Waals surface area contributed by atoms with Gasteiger partial charge in [-0.05, 0) is 17.7 Å². The van der Waals surface area contributed by atoms with Gasteiger partial charge in [0.1, 0.15) is 0 Å². The smallest absolute Gasteiger partial charge is 0.231 e. The third-order valence-electron chi connectivity index (χ3n) is 2.85. The molecule has 1 aromatic carbocycles. The number of nitrogens with zero attached hydrogens (tertiary/aromatic N) is 2. The highest BCUT2D eigenvalue weighted by molar-refractivity contribution is 5.44. The van der Waals surface area contributed by atoms with Gasteiger partial charge in [0.25, 0.3) is 0 Å². The lowest BCUT2D eigenvalue weighted by atomic mass is 10.2. The van der Waals surface area contributed by atoms with E-state index in [0.717, 1.165) is 24.6 Å². The fraction of sp³-hybridized carbons (Fsp3) is 0.308. The zero-order valence-corrected chi connectivity index (χ0v) is 10.2. The van der Waals surface area contributed by atoms with Crippen molar-refractivity contribution in [3.8, 4) is 11.5 Å². The largest absolute Gasteiger partial charge is 0.454 e. The summed E-state index contributed by atoms with van der Waals surface area (Å²) in [7, 11) is 1.92. The van der Waals surface area contributed by atoms with E-state index in [0.29, 0.717) is 6.79 Å². The molecule has 0 bridgehead atoms. The van der Waals surface area contributed by atoms with Crippen molar-refractivity contribution in [1.29, 1.82) is 0 Å². The predicted octanol–water partition coefficient (Wildman–Crippen LogP) is 1.44. The molecular formula is C13H15N3O2. The average molecular weight is 245 g/mol. The van der Waals surface area contributed by atoms with E-state index in [2.05, 4.69) is 10.4 Å². The molecule has 18 heavy (non-hydrogen) atoms. The van der Waals surface area contributed by atoms with Crippen molar-refractivity contribution in [3.05, 3.63) is 41.7 Å². The topological polar surface area (TPSA) is 48.3 Å². The minimum absolute atomic E-state index is 0.321. The Morgan fingerprint density at radius 1 is 1.22 bits per heavy atom. The van der Waals surface area contributed by atoms with Crippen LogP contribution >= 0.6 is 0 Å². The first-order valence-corrected chi connectivity index (χ1v) is 5.88. The van der Waals surface area contributed by atoms with E-state index in [-0.39, 0.29) is 0 Å². The number of hydrogen-bond donors (Lipinski definition) is 1. The number of fused-ring (bicyclic) bond motifs is 1. The minimum Gasteiger partial charge on any atom is -0.454 e. The number of rotatable bonds is 4. The van der Waals surface area contributed by atoms with E-state index in [1.807, 2.05) is 37.6 Å². The number of hydrogen-bond acceptors (Lipinski definition) is 4. The summed E-state index contributed by atoms with van der Waals surface area (Å²) in [6.45, 7) is 1.93. The molecule has 1 aliphatic rings. The van der Waals surface area contributed by atoms with Crippen molar-refractivity contribution in [2.24, 2.45) is 7.05 Å². The summed E-state index contributed by atoms with van der Waals surface area (Å²) in [5.41, 5.74) is 2.36. The molecule has 2 heterocycles. The summed E-state index contributed by atoms with van der Waals surface area (Å²) in [5.74, 6) is 1.65. The van der Waals surface area contributed by atoms with Crippen LogP contribution in [0.2, 0.25) is 0 Å². The van der Waals surface area contributed by atoms with Crippen LogP contribution in [0.15, 0.2) is 30.6 Å². The van der Waals surface area contributed by atoms with Crippen LogP contribution in [0.5, 0.6) is 11.5 Å². The zero-order valence-electron chi connectivity index (χ0n) is 10.2. The minimum atomic E-state index is 0.321. The van der Waals surface area contributed by atoms with Crippen LogP contribution in [0.1, 0.15) is 11.1 Å². The molecular weight excluding hydrogens is 230 g/mol. The van der Waals surface area contributed by atoms with Gasteiger partial charge in [-0.1, -0.05) is 6.07 Å². The number of aryl methyl sites for hydroxylation is 1. The van der Waals surface area contributed by atoms with Gasteiger partial charge in [-0.2, -0.15) is 5.10 Å². The molecule has 0 radical (unpaired) electrons. The molecule has 5 nitrogen and oxygen atoms in total. The summed E-state index contributed by atoms with van der Waals surface area (Å²) in [6, 6.07) is 6.01. The second-order valence-electron chi connectivity index (χ2n) is 4.31. The standard InChI is InChI=1S/C13H15N3O2/c1-16-8-11(7-15-16)6-14-5-10-2-3-12-13(4-10)18-9-17-12/h2-4,7-8,14H,5-6,9H2,1H3. The summed E-state index contributed by atoms with van der Waals surface area (Å²) in [6.07, 6.45) is 3.87. The van der Waals surface area contributed by atoms with Crippen molar-refractivity contribution < 1.29 is 9.47 Å². The molecule has 0 saturated heterocycles. The third-order valence-corrected chi connectivity index (χ3v) is 2.85. The molecule has 5 heteroatoms. The lowest BCUT2D eigenvalue weighted by Crippen LogP contribution is -2.12. The second-order valence-corrected chi connectivity index (χ2v) is 4.31. The zero-order chi connectivity index (χ0) is 12.4. The average Bonchev–Trinajstić information content (AvgIpc) is 2.97. The molecule has 3 rings (SSSR count). The number of benzene rings is 1. The molecule has 0 spiro atoms. The molecule has 94 valence electrons. The SMILES string of the molecule is Cn1cc(CNCc2ccc3c(c2)OCO3)cn1. The van der Waals surface area contributed by atoms with E-state index in [1.165, 1.54) is 11.1 Å². The second kappa shape index (κ2) is 4.70. The van der Waals surface area contributed by atoms with E-state index >= 15 is 0 Å². The van der Waals surface area contributed by atoms with Crippen LogP contribution in [0.3, 0.4) is 0 Å². The van der Waals surface area contributed by atoms with Crippen molar-refractivity contribution in [2.45, 2.75) is 13.1 Å². The van der Waals surface area contributed by atoms with Crippen LogP contribution in [0.25, 0.3) is 0 Å². The maximum absolute atomic E-state index is 5.34. The van der Waals surface area contributed by atoms with Gasteiger partial charge in [0.05, 0.1) is 6.20 Å². The molecule has 0 amide bonds. The molecule has 0 saturated carbocycles. The van der Waals surface area contributed by atoms with Crippen LogP contribution in [-0.2, 0) is 20.1 Å². The van der Waals surface area contributed by atoms with Crippen LogP contribution in [-0.4, -0.2) is 16.6 Å². The highest BCUT2D eigenvalue weighted by atomic mass is 16.7. The quantitative estimate of drug-likeness (QED) is 0.885. The van der Waals surface area contributed by atoms with E-state index < -0.39 is 0 Å². The van der Waals surface area contributed by atoms with Crippen molar-refractivity contribution in [3.63, 3.8) is 0 Å². The highest BCUT2D eigenvalue weighted by Crippen LogP contribution is 2.32. The van der Waals surface area contributed by atoms with Gasteiger partial charge in [-0.15, -0.1) is 0 Å². The van der Waals surface area contributed by atoms with Gasteiger partial charge in [0, 0.05) is 31.9 Å². The fourth-order valence-electron chi connectivity index (χ4n) is 1.97. The molecule has 2 aromatic rings. The van der Waals surface area contributed by atoms with Crippen LogP contribution in [0, 0.1) is 0 Å². The Labute approximate surface area is 105 Å². The van der Waals surface area contributed by atoms with Crippen LogP contribution < -0.4 is 14.8 Å². The van der Waals surface area contributed by atoms with Gasteiger partial charge in [-0.25, -0.2) is 0 Å². The Morgan fingerprint density at radius 2 is 2.06 bits per heavy atom. The number of ether oxygens (including phenoxy) is 2. The fourth-order valence-corrected chi connectivity index (χ4v) is 1.97. The highest BCUT2D eigenvalue weighted by Gasteiger charge is 2.12. The lowest BCUT2D eigenvalue weighted by Gasteiger charge is -2.04. The first kappa shape index (κ1) is 11.1.